The summed E-state index contributed by atoms with van der Waals surface area (Å²) in [6.07, 6.45) is 3.20. The van der Waals surface area contributed by atoms with Gasteiger partial charge < -0.3 is 20.1 Å². The maximum Gasteiger partial charge on any atom is 0.231 e. The van der Waals surface area contributed by atoms with Crippen LogP contribution in [0.4, 0.5) is 0 Å². The maximum atomic E-state index is 5.42. The van der Waals surface area contributed by atoms with Crippen molar-refractivity contribution in [2.24, 2.45) is 4.99 Å². The van der Waals surface area contributed by atoms with Crippen LogP contribution in [-0.4, -0.2) is 34.1 Å². The Bertz CT molecular complexity index is 938. The summed E-state index contributed by atoms with van der Waals surface area (Å²) in [6.45, 7) is 4.34. The van der Waals surface area contributed by atoms with E-state index in [1.54, 1.807) is 11.0 Å². The summed E-state index contributed by atoms with van der Waals surface area (Å²) >= 11 is 0. The first kappa shape index (κ1) is 17.8. The average Bonchev–Trinajstić information content (AvgIpc) is 3.42. The zero-order chi connectivity index (χ0) is 19.2. The first-order chi connectivity index (χ1) is 13.8. The van der Waals surface area contributed by atoms with Crippen molar-refractivity contribution in [3.05, 3.63) is 66.2 Å². The van der Waals surface area contributed by atoms with Gasteiger partial charge in [0.2, 0.25) is 6.79 Å². The minimum atomic E-state index is 0.280. The summed E-state index contributed by atoms with van der Waals surface area (Å²) in [5.74, 6) is 2.32. The molecule has 0 saturated carbocycles. The van der Waals surface area contributed by atoms with E-state index in [4.69, 9.17) is 9.47 Å². The van der Waals surface area contributed by atoms with E-state index in [0.29, 0.717) is 13.1 Å². The Kier molecular flexibility index (Phi) is 5.37. The van der Waals surface area contributed by atoms with Crippen molar-refractivity contribution < 1.29 is 9.47 Å². The lowest BCUT2D eigenvalue weighted by Crippen LogP contribution is -2.36. The highest BCUT2D eigenvalue weighted by atomic mass is 16.7. The van der Waals surface area contributed by atoms with Crippen LogP contribution in [0.1, 0.15) is 18.1 Å². The van der Waals surface area contributed by atoms with E-state index >= 15 is 0 Å². The highest BCUT2D eigenvalue weighted by Crippen LogP contribution is 2.32. The Hall–Kier alpha value is -3.55. The number of benzene rings is 2. The number of ether oxygens (including phenoxy) is 2. The van der Waals surface area contributed by atoms with Gasteiger partial charge in [-0.25, -0.2) is 14.7 Å². The zero-order valence-electron chi connectivity index (χ0n) is 15.6. The van der Waals surface area contributed by atoms with Crippen molar-refractivity contribution in [2.45, 2.75) is 20.0 Å². The highest BCUT2D eigenvalue weighted by molar-refractivity contribution is 5.79. The number of fused-ring (bicyclic) bond motifs is 1. The second-order valence-electron chi connectivity index (χ2n) is 6.24. The molecule has 1 aliphatic rings. The van der Waals surface area contributed by atoms with Crippen LogP contribution in [0.5, 0.6) is 11.5 Å². The van der Waals surface area contributed by atoms with E-state index in [1.165, 1.54) is 6.33 Å². The third-order valence-corrected chi connectivity index (χ3v) is 4.28. The molecule has 2 aromatic carbocycles. The highest BCUT2D eigenvalue weighted by Gasteiger charge is 2.13. The van der Waals surface area contributed by atoms with Crippen molar-refractivity contribution in [1.82, 2.24) is 25.4 Å². The van der Waals surface area contributed by atoms with Gasteiger partial charge in [-0.05, 0) is 42.3 Å². The summed E-state index contributed by atoms with van der Waals surface area (Å²) in [5, 5.41) is 10.8. The molecule has 1 aliphatic heterocycles. The van der Waals surface area contributed by atoms with Gasteiger partial charge in [0.15, 0.2) is 17.5 Å². The Morgan fingerprint density at radius 1 is 1.07 bits per heavy atom. The van der Waals surface area contributed by atoms with Crippen molar-refractivity contribution >= 4 is 5.96 Å². The number of hydrogen-bond acceptors (Lipinski definition) is 5. The fourth-order valence-electron chi connectivity index (χ4n) is 2.85. The summed E-state index contributed by atoms with van der Waals surface area (Å²) in [6, 6.07) is 14.0. The third kappa shape index (κ3) is 4.22. The van der Waals surface area contributed by atoms with Crippen LogP contribution < -0.4 is 20.1 Å². The Morgan fingerprint density at radius 3 is 2.68 bits per heavy atom. The van der Waals surface area contributed by atoms with E-state index in [-0.39, 0.29) is 6.79 Å². The van der Waals surface area contributed by atoms with Crippen molar-refractivity contribution in [2.75, 3.05) is 13.3 Å². The first-order valence-electron chi connectivity index (χ1n) is 9.16. The molecule has 4 rings (SSSR count). The van der Waals surface area contributed by atoms with Crippen LogP contribution in [0.25, 0.3) is 5.69 Å². The lowest BCUT2D eigenvalue weighted by atomic mass is 10.2. The lowest BCUT2D eigenvalue weighted by molar-refractivity contribution is 0.174. The minimum absolute atomic E-state index is 0.280. The van der Waals surface area contributed by atoms with E-state index < -0.39 is 0 Å². The monoisotopic (exact) mass is 378 g/mol. The second kappa shape index (κ2) is 8.43. The Labute approximate surface area is 163 Å². The molecule has 0 aliphatic carbocycles. The van der Waals surface area contributed by atoms with Crippen molar-refractivity contribution in [1.29, 1.82) is 0 Å². The van der Waals surface area contributed by atoms with Gasteiger partial charge in [0.1, 0.15) is 12.7 Å². The lowest BCUT2D eigenvalue weighted by Gasteiger charge is -2.12. The van der Waals surface area contributed by atoms with Crippen LogP contribution >= 0.6 is 0 Å². The van der Waals surface area contributed by atoms with Crippen LogP contribution in [0.15, 0.2) is 60.1 Å². The quantitative estimate of drug-likeness (QED) is 0.505. The maximum absolute atomic E-state index is 5.42. The number of guanidine groups is 1. The normalized spacial score (nSPS) is 12.8. The van der Waals surface area contributed by atoms with E-state index in [0.717, 1.165) is 40.8 Å². The molecule has 0 spiro atoms. The second-order valence-corrected chi connectivity index (χ2v) is 6.24. The molecule has 0 atom stereocenters. The Morgan fingerprint density at radius 2 is 1.89 bits per heavy atom. The third-order valence-electron chi connectivity index (χ3n) is 4.28. The summed E-state index contributed by atoms with van der Waals surface area (Å²) in [4.78, 5) is 8.62. The topological polar surface area (TPSA) is 85.6 Å². The minimum Gasteiger partial charge on any atom is -0.454 e. The predicted octanol–water partition coefficient (Wildman–Crippen LogP) is 2.25. The molecular weight excluding hydrogens is 356 g/mol. The van der Waals surface area contributed by atoms with Gasteiger partial charge >= 0.3 is 0 Å². The molecule has 28 heavy (non-hydrogen) atoms. The fourth-order valence-corrected chi connectivity index (χ4v) is 2.85. The molecule has 144 valence electrons. The molecule has 2 heterocycles. The number of nitrogens with one attached hydrogen (secondary N) is 2. The van der Waals surface area contributed by atoms with Gasteiger partial charge in [0.05, 0.1) is 12.2 Å². The molecule has 0 saturated heterocycles. The van der Waals surface area contributed by atoms with E-state index in [9.17, 15) is 0 Å². The molecule has 0 bridgehead atoms. The standard InChI is InChI=1S/C20H22N6O2/c1-2-22-20(24-11-16-5-8-18-19(9-16)28-14-27-18)23-10-15-3-6-17(7-4-15)26-13-21-12-25-26/h3-9,12-13H,2,10-11,14H2,1H3,(H2,22,23,24). The summed E-state index contributed by atoms with van der Waals surface area (Å²) < 4.78 is 12.5. The molecule has 0 fully saturated rings. The van der Waals surface area contributed by atoms with Gasteiger partial charge in [-0.1, -0.05) is 18.2 Å². The summed E-state index contributed by atoms with van der Waals surface area (Å²) in [5.41, 5.74) is 3.20. The fraction of sp³-hybridized carbons (Fsp3) is 0.250. The smallest absolute Gasteiger partial charge is 0.231 e. The SMILES string of the molecule is CCNC(=NCc1ccc2c(c1)OCO2)NCc1ccc(-n2cncn2)cc1. The van der Waals surface area contributed by atoms with Crippen LogP contribution in [-0.2, 0) is 13.1 Å². The van der Waals surface area contributed by atoms with E-state index in [2.05, 4.69) is 37.8 Å². The molecule has 3 aromatic rings. The average molecular weight is 378 g/mol. The number of aliphatic imine (C=N–C) groups is 1. The molecule has 0 unspecified atom stereocenters. The van der Waals surface area contributed by atoms with E-state index in [1.807, 2.05) is 37.3 Å². The number of rotatable bonds is 6. The molecule has 0 radical (unpaired) electrons. The number of aromatic nitrogens is 3. The zero-order valence-corrected chi connectivity index (χ0v) is 15.6. The van der Waals surface area contributed by atoms with Crippen molar-refractivity contribution in [3.63, 3.8) is 0 Å². The number of nitrogens with zero attached hydrogens (tertiary/aromatic N) is 4. The van der Waals surface area contributed by atoms with Crippen LogP contribution in [0.3, 0.4) is 0 Å². The molecule has 0 amide bonds. The molecule has 1 aromatic heterocycles. The van der Waals surface area contributed by atoms with Gasteiger partial charge in [0, 0.05) is 13.1 Å². The van der Waals surface area contributed by atoms with Crippen molar-refractivity contribution in [3.8, 4) is 17.2 Å². The van der Waals surface area contributed by atoms with Gasteiger partial charge in [-0.2, -0.15) is 5.10 Å². The predicted molar refractivity (Wildman–Crippen MR) is 106 cm³/mol. The van der Waals surface area contributed by atoms with Gasteiger partial charge in [-0.15, -0.1) is 0 Å². The van der Waals surface area contributed by atoms with Crippen LogP contribution in [0.2, 0.25) is 0 Å². The Balaban J connectivity index is 1.37. The molecule has 2 N–H and O–H groups in total. The molecular formula is C20H22N6O2. The molecule has 8 nitrogen and oxygen atoms in total. The first-order valence-corrected chi connectivity index (χ1v) is 9.16. The largest absolute Gasteiger partial charge is 0.454 e. The van der Waals surface area contributed by atoms with Gasteiger partial charge in [-0.3, -0.25) is 0 Å². The summed E-state index contributed by atoms with van der Waals surface area (Å²) in [7, 11) is 0. The van der Waals surface area contributed by atoms with Crippen LogP contribution in [0, 0.1) is 0 Å². The number of hydrogen-bond donors (Lipinski definition) is 2. The van der Waals surface area contributed by atoms with Gasteiger partial charge in [0.25, 0.3) is 0 Å². The molecule has 8 heteroatoms.